The van der Waals surface area contributed by atoms with E-state index in [0.717, 1.165) is 6.42 Å². The van der Waals surface area contributed by atoms with Gasteiger partial charge in [-0.15, -0.1) is 0 Å². The van der Waals surface area contributed by atoms with Crippen molar-refractivity contribution < 1.29 is 9.53 Å². The second-order valence-electron chi connectivity index (χ2n) is 3.97. The first-order chi connectivity index (χ1) is 7.11. The molecule has 1 unspecified atom stereocenters. The third kappa shape index (κ3) is 4.06. The average molecular weight is 208 g/mol. The summed E-state index contributed by atoms with van der Waals surface area (Å²) in [5.74, 6) is 0.578. The Morgan fingerprint density at radius 2 is 1.93 bits per heavy atom. The number of carbonyl (C=O) groups is 1. The Balaban J connectivity index is 2.53. The zero-order valence-electron chi connectivity index (χ0n) is 9.30. The minimum Gasteiger partial charge on any atom is -0.460 e. The van der Waals surface area contributed by atoms with E-state index in [0.29, 0.717) is 23.8 Å². The van der Waals surface area contributed by atoms with Gasteiger partial charge in [0, 0.05) is 12.4 Å². The second kappa shape index (κ2) is 5.44. The molecule has 1 rings (SSSR count). The lowest BCUT2D eigenvalue weighted by atomic mass is 10.1. The van der Waals surface area contributed by atoms with E-state index in [9.17, 15) is 4.79 Å². The second-order valence-corrected chi connectivity index (χ2v) is 3.97. The summed E-state index contributed by atoms with van der Waals surface area (Å²) in [5.41, 5.74) is 0.457. The molecule has 0 aromatic carbocycles. The number of carbonyl (C=O) groups excluding carboxylic acids is 1. The molecular formula is C11H16N2O2. The van der Waals surface area contributed by atoms with Crippen LogP contribution in [0.25, 0.3) is 0 Å². The van der Waals surface area contributed by atoms with Crippen molar-refractivity contribution in [2.75, 3.05) is 0 Å². The Morgan fingerprint density at radius 1 is 1.33 bits per heavy atom. The maximum atomic E-state index is 10.4. The number of aldehydes is 1. The quantitative estimate of drug-likeness (QED) is 0.695. The van der Waals surface area contributed by atoms with Gasteiger partial charge in [0.05, 0.1) is 11.7 Å². The molecule has 4 nitrogen and oxygen atoms in total. The van der Waals surface area contributed by atoms with Crippen LogP contribution >= 0.6 is 0 Å². The third-order valence-corrected chi connectivity index (χ3v) is 1.89. The van der Waals surface area contributed by atoms with Crippen molar-refractivity contribution in [3.63, 3.8) is 0 Å². The Labute approximate surface area is 89.7 Å². The SMILES string of the molecule is CC(C)CC(C)Oc1ncc(C=O)cn1. The fourth-order valence-electron chi connectivity index (χ4n) is 1.34. The Hall–Kier alpha value is -1.45. The van der Waals surface area contributed by atoms with Gasteiger partial charge in [0.1, 0.15) is 0 Å². The van der Waals surface area contributed by atoms with Crippen molar-refractivity contribution in [3.05, 3.63) is 18.0 Å². The van der Waals surface area contributed by atoms with Gasteiger partial charge in [-0.3, -0.25) is 4.79 Å². The van der Waals surface area contributed by atoms with E-state index in [1.807, 2.05) is 6.92 Å². The van der Waals surface area contributed by atoms with Crippen molar-refractivity contribution in [1.82, 2.24) is 9.97 Å². The van der Waals surface area contributed by atoms with Gasteiger partial charge in [0.2, 0.25) is 0 Å². The largest absolute Gasteiger partial charge is 0.460 e. The first-order valence-corrected chi connectivity index (χ1v) is 5.05. The maximum absolute atomic E-state index is 10.4. The Bertz CT molecular complexity index is 309. The zero-order chi connectivity index (χ0) is 11.3. The molecule has 0 aliphatic rings. The van der Waals surface area contributed by atoms with Crippen molar-refractivity contribution in [1.29, 1.82) is 0 Å². The summed E-state index contributed by atoms with van der Waals surface area (Å²) < 4.78 is 5.49. The van der Waals surface area contributed by atoms with Crippen LogP contribution in [0.4, 0.5) is 0 Å². The average Bonchev–Trinajstić information content (AvgIpc) is 2.17. The number of nitrogens with zero attached hydrogens (tertiary/aromatic N) is 2. The highest BCUT2D eigenvalue weighted by Crippen LogP contribution is 2.10. The fraction of sp³-hybridized carbons (Fsp3) is 0.545. The zero-order valence-corrected chi connectivity index (χ0v) is 9.30. The molecule has 1 heterocycles. The molecule has 0 spiro atoms. The molecule has 4 heteroatoms. The van der Waals surface area contributed by atoms with Crippen LogP contribution in [0.2, 0.25) is 0 Å². The molecule has 0 radical (unpaired) electrons. The summed E-state index contributed by atoms with van der Waals surface area (Å²) >= 11 is 0. The summed E-state index contributed by atoms with van der Waals surface area (Å²) in [6.07, 6.45) is 4.67. The minimum atomic E-state index is 0.0899. The van der Waals surface area contributed by atoms with Crippen LogP contribution in [-0.4, -0.2) is 22.4 Å². The van der Waals surface area contributed by atoms with E-state index in [1.165, 1.54) is 12.4 Å². The summed E-state index contributed by atoms with van der Waals surface area (Å²) in [6, 6.07) is 0.328. The van der Waals surface area contributed by atoms with Crippen LogP contribution in [0.3, 0.4) is 0 Å². The third-order valence-electron chi connectivity index (χ3n) is 1.89. The molecule has 1 aromatic rings. The Morgan fingerprint density at radius 3 is 2.40 bits per heavy atom. The summed E-state index contributed by atoms with van der Waals surface area (Å²) in [5, 5.41) is 0. The van der Waals surface area contributed by atoms with Crippen molar-refractivity contribution in [2.24, 2.45) is 5.92 Å². The molecule has 0 amide bonds. The van der Waals surface area contributed by atoms with Crippen LogP contribution < -0.4 is 4.74 Å². The fourth-order valence-corrected chi connectivity index (χ4v) is 1.34. The predicted octanol–water partition coefficient (Wildman–Crippen LogP) is 2.10. The van der Waals surface area contributed by atoms with Crippen LogP contribution in [0.1, 0.15) is 37.6 Å². The topological polar surface area (TPSA) is 52.1 Å². The summed E-state index contributed by atoms with van der Waals surface area (Å²) in [7, 11) is 0. The van der Waals surface area contributed by atoms with E-state index in [1.54, 1.807) is 0 Å². The van der Waals surface area contributed by atoms with Gasteiger partial charge in [0.25, 0.3) is 0 Å². The molecule has 0 saturated heterocycles. The van der Waals surface area contributed by atoms with Gasteiger partial charge in [-0.05, 0) is 19.3 Å². The standard InChI is InChI=1S/C11H16N2O2/c1-8(2)4-9(3)15-11-12-5-10(7-14)6-13-11/h5-9H,4H2,1-3H3. The molecule has 0 bridgehead atoms. The van der Waals surface area contributed by atoms with Crippen LogP contribution in [0, 0.1) is 5.92 Å². The normalized spacial score (nSPS) is 12.5. The van der Waals surface area contributed by atoms with Gasteiger partial charge in [-0.1, -0.05) is 13.8 Å². The molecule has 0 aliphatic carbocycles. The molecule has 0 N–H and O–H groups in total. The van der Waals surface area contributed by atoms with Gasteiger partial charge in [0.15, 0.2) is 6.29 Å². The van der Waals surface area contributed by atoms with Crippen LogP contribution in [0.5, 0.6) is 6.01 Å². The van der Waals surface area contributed by atoms with E-state index in [2.05, 4.69) is 23.8 Å². The summed E-state index contributed by atoms with van der Waals surface area (Å²) in [4.78, 5) is 18.2. The molecule has 15 heavy (non-hydrogen) atoms. The highest BCUT2D eigenvalue weighted by atomic mass is 16.5. The van der Waals surface area contributed by atoms with Gasteiger partial charge in [-0.25, -0.2) is 9.97 Å². The number of hydrogen-bond donors (Lipinski definition) is 0. The van der Waals surface area contributed by atoms with E-state index in [-0.39, 0.29) is 6.10 Å². The first-order valence-electron chi connectivity index (χ1n) is 5.05. The highest BCUT2D eigenvalue weighted by Gasteiger charge is 2.08. The number of rotatable bonds is 5. The van der Waals surface area contributed by atoms with Gasteiger partial charge < -0.3 is 4.74 Å². The van der Waals surface area contributed by atoms with Crippen molar-refractivity contribution in [2.45, 2.75) is 33.3 Å². The molecule has 82 valence electrons. The van der Waals surface area contributed by atoms with Crippen LogP contribution in [0.15, 0.2) is 12.4 Å². The highest BCUT2D eigenvalue weighted by molar-refractivity contribution is 5.73. The molecular weight excluding hydrogens is 192 g/mol. The molecule has 0 aliphatic heterocycles. The molecule has 1 aromatic heterocycles. The predicted molar refractivity (Wildman–Crippen MR) is 57.0 cm³/mol. The first kappa shape index (κ1) is 11.6. The molecule has 1 atom stereocenters. The maximum Gasteiger partial charge on any atom is 0.316 e. The lowest BCUT2D eigenvalue weighted by Gasteiger charge is -2.14. The molecule has 0 fully saturated rings. The van der Waals surface area contributed by atoms with Crippen molar-refractivity contribution in [3.8, 4) is 6.01 Å². The molecule has 0 saturated carbocycles. The lowest BCUT2D eigenvalue weighted by Crippen LogP contribution is -2.15. The summed E-state index contributed by atoms with van der Waals surface area (Å²) in [6.45, 7) is 6.25. The minimum absolute atomic E-state index is 0.0899. The van der Waals surface area contributed by atoms with E-state index < -0.39 is 0 Å². The van der Waals surface area contributed by atoms with E-state index in [4.69, 9.17) is 4.74 Å². The number of aromatic nitrogens is 2. The number of hydrogen-bond acceptors (Lipinski definition) is 4. The Kier molecular flexibility index (Phi) is 4.21. The van der Waals surface area contributed by atoms with Gasteiger partial charge in [-0.2, -0.15) is 0 Å². The smallest absolute Gasteiger partial charge is 0.316 e. The van der Waals surface area contributed by atoms with Crippen molar-refractivity contribution >= 4 is 6.29 Å². The van der Waals surface area contributed by atoms with Gasteiger partial charge >= 0.3 is 6.01 Å². The van der Waals surface area contributed by atoms with E-state index >= 15 is 0 Å². The number of ether oxygens (including phenoxy) is 1. The monoisotopic (exact) mass is 208 g/mol. The lowest BCUT2D eigenvalue weighted by molar-refractivity contribution is 0.112. The van der Waals surface area contributed by atoms with Crippen LogP contribution in [-0.2, 0) is 0 Å².